The van der Waals surface area contributed by atoms with Crippen LogP contribution >= 0.6 is 0 Å². The number of nitrogens with one attached hydrogen (secondary N) is 2. The van der Waals surface area contributed by atoms with E-state index in [1.807, 2.05) is 0 Å². The first kappa shape index (κ1) is 11.5. The van der Waals surface area contributed by atoms with Crippen molar-refractivity contribution in [3.63, 3.8) is 0 Å². The highest BCUT2D eigenvalue weighted by Gasteiger charge is 2.28. The van der Waals surface area contributed by atoms with Crippen LogP contribution in [0.1, 0.15) is 27.2 Å². The molecule has 0 unspecified atom stereocenters. The average Bonchev–Trinajstić information content (AvgIpc) is 2.50. The average molecular weight is 198 g/mol. The SMILES string of the molecule is CC(C)CCNC(=O)[C@@H]1CNC[C@H]1C. The summed E-state index contributed by atoms with van der Waals surface area (Å²) in [6, 6.07) is 0. The van der Waals surface area contributed by atoms with Gasteiger partial charge in [0.2, 0.25) is 5.91 Å². The number of carbonyl (C=O) groups is 1. The monoisotopic (exact) mass is 198 g/mol. The van der Waals surface area contributed by atoms with Gasteiger partial charge in [-0.05, 0) is 24.8 Å². The summed E-state index contributed by atoms with van der Waals surface area (Å²) in [5, 5.41) is 6.25. The van der Waals surface area contributed by atoms with Crippen molar-refractivity contribution >= 4 is 5.91 Å². The standard InChI is InChI=1S/C11H22N2O/c1-8(2)4-5-13-11(14)10-7-12-6-9(10)3/h8-10,12H,4-7H2,1-3H3,(H,13,14)/t9-,10-/m1/s1. The van der Waals surface area contributed by atoms with E-state index in [0.717, 1.165) is 26.1 Å². The third kappa shape index (κ3) is 3.29. The van der Waals surface area contributed by atoms with E-state index < -0.39 is 0 Å². The van der Waals surface area contributed by atoms with Crippen molar-refractivity contribution in [1.82, 2.24) is 10.6 Å². The van der Waals surface area contributed by atoms with Gasteiger partial charge in [-0.25, -0.2) is 0 Å². The zero-order chi connectivity index (χ0) is 10.6. The Kier molecular flexibility index (Phi) is 4.39. The third-order valence-corrected chi connectivity index (χ3v) is 2.88. The van der Waals surface area contributed by atoms with E-state index in [2.05, 4.69) is 31.4 Å². The van der Waals surface area contributed by atoms with Gasteiger partial charge in [0.25, 0.3) is 0 Å². The first-order valence-corrected chi connectivity index (χ1v) is 5.59. The maximum absolute atomic E-state index is 11.7. The van der Waals surface area contributed by atoms with Gasteiger partial charge in [-0.3, -0.25) is 4.79 Å². The molecule has 1 fully saturated rings. The highest BCUT2D eigenvalue weighted by atomic mass is 16.1. The summed E-state index contributed by atoms with van der Waals surface area (Å²) < 4.78 is 0. The van der Waals surface area contributed by atoms with Crippen molar-refractivity contribution in [3.8, 4) is 0 Å². The van der Waals surface area contributed by atoms with Crippen molar-refractivity contribution in [1.29, 1.82) is 0 Å². The van der Waals surface area contributed by atoms with Gasteiger partial charge in [0.1, 0.15) is 0 Å². The summed E-state index contributed by atoms with van der Waals surface area (Å²) >= 11 is 0. The zero-order valence-corrected chi connectivity index (χ0v) is 9.47. The Morgan fingerprint density at radius 2 is 2.21 bits per heavy atom. The molecule has 0 spiro atoms. The Morgan fingerprint density at radius 1 is 1.50 bits per heavy atom. The minimum Gasteiger partial charge on any atom is -0.356 e. The summed E-state index contributed by atoms with van der Waals surface area (Å²) in [4.78, 5) is 11.7. The summed E-state index contributed by atoms with van der Waals surface area (Å²) in [6.07, 6.45) is 1.07. The van der Waals surface area contributed by atoms with Gasteiger partial charge in [-0.1, -0.05) is 20.8 Å². The van der Waals surface area contributed by atoms with E-state index in [-0.39, 0.29) is 11.8 Å². The number of hydrogen-bond acceptors (Lipinski definition) is 2. The lowest BCUT2D eigenvalue weighted by Gasteiger charge is -2.14. The van der Waals surface area contributed by atoms with E-state index in [1.165, 1.54) is 0 Å². The van der Waals surface area contributed by atoms with E-state index in [9.17, 15) is 4.79 Å². The van der Waals surface area contributed by atoms with E-state index in [1.54, 1.807) is 0 Å². The van der Waals surface area contributed by atoms with Crippen LogP contribution in [-0.2, 0) is 4.79 Å². The zero-order valence-electron chi connectivity index (χ0n) is 9.47. The van der Waals surface area contributed by atoms with E-state index in [0.29, 0.717) is 11.8 Å². The Morgan fingerprint density at radius 3 is 2.71 bits per heavy atom. The predicted octanol–water partition coefficient (Wildman–Crippen LogP) is 1.00. The van der Waals surface area contributed by atoms with Crippen molar-refractivity contribution in [2.24, 2.45) is 17.8 Å². The van der Waals surface area contributed by atoms with Crippen LogP contribution in [0.4, 0.5) is 0 Å². The molecule has 2 atom stereocenters. The molecule has 0 radical (unpaired) electrons. The number of hydrogen-bond donors (Lipinski definition) is 2. The summed E-state index contributed by atoms with van der Waals surface area (Å²) in [6.45, 7) is 9.11. The molecule has 1 heterocycles. The second kappa shape index (κ2) is 5.35. The summed E-state index contributed by atoms with van der Waals surface area (Å²) in [5.41, 5.74) is 0. The molecule has 3 nitrogen and oxygen atoms in total. The van der Waals surface area contributed by atoms with Gasteiger partial charge < -0.3 is 10.6 Å². The van der Waals surface area contributed by atoms with Crippen LogP contribution in [0.2, 0.25) is 0 Å². The van der Waals surface area contributed by atoms with Gasteiger partial charge in [0.15, 0.2) is 0 Å². The van der Waals surface area contributed by atoms with E-state index in [4.69, 9.17) is 0 Å². The second-order valence-corrected chi connectivity index (χ2v) is 4.72. The molecule has 0 saturated carbocycles. The maximum Gasteiger partial charge on any atom is 0.224 e. The molecular formula is C11H22N2O. The molecule has 1 saturated heterocycles. The predicted molar refractivity (Wildman–Crippen MR) is 58.0 cm³/mol. The fraction of sp³-hybridized carbons (Fsp3) is 0.909. The van der Waals surface area contributed by atoms with Crippen molar-refractivity contribution in [2.75, 3.05) is 19.6 Å². The van der Waals surface area contributed by atoms with Crippen LogP contribution in [0.3, 0.4) is 0 Å². The van der Waals surface area contributed by atoms with E-state index >= 15 is 0 Å². The maximum atomic E-state index is 11.7. The van der Waals surface area contributed by atoms with Crippen LogP contribution in [-0.4, -0.2) is 25.5 Å². The topological polar surface area (TPSA) is 41.1 Å². The number of carbonyl (C=O) groups excluding carboxylic acids is 1. The van der Waals surface area contributed by atoms with Gasteiger partial charge in [-0.2, -0.15) is 0 Å². The van der Waals surface area contributed by atoms with Gasteiger partial charge in [0.05, 0.1) is 5.92 Å². The first-order chi connectivity index (χ1) is 6.61. The molecule has 1 aliphatic rings. The van der Waals surface area contributed by atoms with Crippen molar-refractivity contribution in [2.45, 2.75) is 27.2 Å². The summed E-state index contributed by atoms with van der Waals surface area (Å²) in [7, 11) is 0. The van der Waals surface area contributed by atoms with Crippen molar-refractivity contribution < 1.29 is 4.79 Å². The molecule has 14 heavy (non-hydrogen) atoms. The Labute approximate surface area is 86.6 Å². The van der Waals surface area contributed by atoms with Crippen molar-refractivity contribution in [3.05, 3.63) is 0 Å². The Balaban J connectivity index is 2.21. The Hall–Kier alpha value is -0.570. The highest BCUT2D eigenvalue weighted by molar-refractivity contribution is 5.79. The molecule has 2 N–H and O–H groups in total. The van der Waals surface area contributed by atoms with Crippen LogP contribution in [0.5, 0.6) is 0 Å². The quantitative estimate of drug-likeness (QED) is 0.707. The minimum atomic E-state index is 0.183. The third-order valence-electron chi connectivity index (χ3n) is 2.88. The van der Waals surface area contributed by atoms with Crippen LogP contribution in [0.15, 0.2) is 0 Å². The van der Waals surface area contributed by atoms with Gasteiger partial charge >= 0.3 is 0 Å². The van der Waals surface area contributed by atoms with Gasteiger partial charge in [-0.15, -0.1) is 0 Å². The molecule has 1 rings (SSSR count). The molecule has 82 valence electrons. The molecule has 1 aliphatic heterocycles. The molecule has 0 aromatic rings. The lowest BCUT2D eigenvalue weighted by molar-refractivity contribution is -0.125. The van der Waals surface area contributed by atoms with Crippen LogP contribution in [0, 0.1) is 17.8 Å². The molecule has 3 heteroatoms. The molecule has 0 aromatic heterocycles. The molecule has 0 aromatic carbocycles. The molecule has 0 bridgehead atoms. The summed E-state index contributed by atoms with van der Waals surface area (Å²) in [5.74, 6) is 1.55. The normalized spacial score (nSPS) is 26.9. The molecule has 0 aliphatic carbocycles. The molecule has 1 amide bonds. The number of rotatable bonds is 4. The minimum absolute atomic E-state index is 0.183. The fourth-order valence-corrected chi connectivity index (χ4v) is 1.78. The highest BCUT2D eigenvalue weighted by Crippen LogP contribution is 2.15. The van der Waals surface area contributed by atoms with Crippen LogP contribution in [0.25, 0.3) is 0 Å². The lowest BCUT2D eigenvalue weighted by Crippen LogP contribution is -2.35. The smallest absolute Gasteiger partial charge is 0.224 e. The van der Waals surface area contributed by atoms with Crippen LogP contribution < -0.4 is 10.6 Å². The number of amides is 1. The molecular weight excluding hydrogens is 176 g/mol. The second-order valence-electron chi connectivity index (χ2n) is 4.72. The fourth-order valence-electron chi connectivity index (χ4n) is 1.78. The largest absolute Gasteiger partial charge is 0.356 e. The Bertz CT molecular complexity index is 192. The van der Waals surface area contributed by atoms with Gasteiger partial charge in [0, 0.05) is 13.1 Å². The first-order valence-electron chi connectivity index (χ1n) is 5.59. The lowest BCUT2D eigenvalue weighted by atomic mass is 9.97.